The molecule has 220 valence electrons. The summed E-state index contributed by atoms with van der Waals surface area (Å²) in [4.78, 5) is 49.8. The lowest BCUT2D eigenvalue weighted by Gasteiger charge is -2.24. The van der Waals surface area contributed by atoms with E-state index in [2.05, 4.69) is 30.8 Å². The van der Waals surface area contributed by atoms with E-state index in [1.54, 1.807) is 48.5 Å². The van der Waals surface area contributed by atoms with Gasteiger partial charge in [0, 0.05) is 32.4 Å². The molecule has 3 N–H and O–H groups in total. The van der Waals surface area contributed by atoms with Crippen molar-refractivity contribution in [2.45, 2.75) is 19.3 Å². The SMILES string of the molecule is COc1ccc(NC(=O)C=CCN2CCCCC2)cc1Nc1ncc(Cl)c(Nc2ccccc2C(=O)C(=O)N(C)C)n1. The van der Waals surface area contributed by atoms with Crippen LogP contribution in [0.5, 0.6) is 5.75 Å². The van der Waals surface area contributed by atoms with E-state index in [-0.39, 0.29) is 28.3 Å². The van der Waals surface area contributed by atoms with Gasteiger partial charge in [-0.3, -0.25) is 19.3 Å². The second kappa shape index (κ2) is 14.4. The van der Waals surface area contributed by atoms with Crippen molar-refractivity contribution in [3.63, 3.8) is 0 Å². The predicted molar refractivity (Wildman–Crippen MR) is 164 cm³/mol. The fourth-order valence-corrected chi connectivity index (χ4v) is 4.53. The molecule has 3 aromatic rings. The number of ketones is 1. The Morgan fingerprint density at radius 2 is 1.81 bits per heavy atom. The maximum Gasteiger partial charge on any atom is 0.294 e. The number of nitrogens with zero attached hydrogens (tertiary/aromatic N) is 4. The molecule has 1 fully saturated rings. The van der Waals surface area contributed by atoms with Gasteiger partial charge in [0.25, 0.3) is 11.7 Å². The van der Waals surface area contributed by atoms with Gasteiger partial charge in [0.2, 0.25) is 11.9 Å². The molecule has 2 amide bonds. The van der Waals surface area contributed by atoms with Crippen LogP contribution in [0.25, 0.3) is 0 Å². The number of anilines is 5. The number of hydrogen-bond acceptors (Lipinski definition) is 9. The predicted octanol–water partition coefficient (Wildman–Crippen LogP) is 4.88. The number of amides is 2. The molecule has 0 bridgehead atoms. The van der Waals surface area contributed by atoms with Gasteiger partial charge in [-0.25, -0.2) is 4.98 Å². The minimum Gasteiger partial charge on any atom is -0.495 e. The van der Waals surface area contributed by atoms with Gasteiger partial charge in [-0.1, -0.05) is 36.2 Å². The largest absolute Gasteiger partial charge is 0.495 e. The number of piperidine rings is 1. The summed E-state index contributed by atoms with van der Waals surface area (Å²) in [6.07, 6.45) is 8.48. The summed E-state index contributed by atoms with van der Waals surface area (Å²) in [5.74, 6) is -0.668. The van der Waals surface area contributed by atoms with Crippen LogP contribution in [-0.4, -0.2) is 78.2 Å². The number of benzene rings is 2. The monoisotopic (exact) mass is 591 g/mol. The van der Waals surface area contributed by atoms with Crippen molar-refractivity contribution < 1.29 is 19.1 Å². The van der Waals surface area contributed by atoms with Crippen molar-refractivity contribution >= 4 is 58.0 Å². The number of carbonyl (C=O) groups excluding carboxylic acids is 3. The van der Waals surface area contributed by atoms with Crippen molar-refractivity contribution in [1.82, 2.24) is 19.8 Å². The molecule has 4 rings (SSSR count). The van der Waals surface area contributed by atoms with Crippen molar-refractivity contribution in [1.29, 1.82) is 0 Å². The number of aromatic nitrogens is 2. The minimum absolute atomic E-state index is 0.176. The van der Waals surface area contributed by atoms with Gasteiger partial charge in [-0.05, 0) is 56.3 Å². The Morgan fingerprint density at radius 3 is 2.55 bits per heavy atom. The van der Waals surface area contributed by atoms with Crippen molar-refractivity contribution in [2.75, 3.05) is 56.8 Å². The van der Waals surface area contributed by atoms with Crippen LogP contribution in [-0.2, 0) is 9.59 Å². The molecule has 11 nitrogen and oxygen atoms in total. The molecule has 1 aromatic heterocycles. The first kappa shape index (κ1) is 30.5. The van der Waals surface area contributed by atoms with Gasteiger partial charge < -0.3 is 25.6 Å². The third-order valence-electron chi connectivity index (χ3n) is 6.56. The zero-order chi connectivity index (χ0) is 30.1. The maximum absolute atomic E-state index is 12.7. The Hall–Kier alpha value is -4.48. The molecule has 2 heterocycles. The lowest BCUT2D eigenvalue weighted by atomic mass is 10.1. The molecule has 12 heteroatoms. The lowest BCUT2D eigenvalue weighted by Crippen LogP contribution is -2.30. The Labute approximate surface area is 249 Å². The first-order valence-electron chi connectivity index (χ1n) is 13.5. The van der Waals surface area contributed by atoms with E-state index in [9.17, 15) is 14.4 Å². The normalized spacial score (nSPS) is 13.4. The third kappa shape index (κ3) is 8.05. The van der Waals surface area contributed by atoms with E-state index >= 15 is 0 Å². The highest BCUT2D eigenvalue weighted by molar-refractivity contribution is 6.43. The number of nitrogens with one attached hydrogen (secondary N) is 3. The Morgan fingerprint density at radius 1 is 1.05 bits per heavy atom. The quantitative estimate of drug-likeness (QED) is 0.162. The van der Waals surface area contributed by atoms with Gasteiger partial charge in [0.05, 0.1) is 30.2 Å². The molecular formula is C30H34ClN7O4. The Balaban J connectivity index is 1.49. The van der Waals surface area contributed by atoms with Crippen LogP contribution < -0.4 is 20.7 Å². The van der Waals surface area contributed by atoms with E-state index in [4.69, 9.17) is 16.3 Å². The second-order valence-electron chi connectivity index (χ2n) is 9.88. The van der Waals surface area contributed by atoms with Gasteiger partial charge in [-0.2, -0.15) is 4.98 Å². The number of likely N-dealkylation sites (N-methyl/N-ethyl adjacent to an activating group) is 1. The molecule has 0 unspecified atom stereocenters. The highest BCUT2D eigenvalue weighted by Gasteiger charge is 2.22. The van der Waals surface area contributed by atoms with Gasteiger partial charge >= 0.3 is 0 Å². The highest BCUT2D eigenvalue weighted by atomic mass is 35.5. The van der Waals surface area contributed by atoms with E-state index in [0.29, 0.717) is 22.8 Å². The third-order valence-corrected chi connectivity index (χ3v) is 6.84. The summed E-state index contributed by atoms with van der Waals surface area (Å²) in [6.45, 7) is 2.87. The summed E-state index contributed by atoms with van der Waals surface area (Å²) in [5, 5.41) is 9.20. The molecule has 1 aliphatic rings. The summed E-state index contributed by atoms with van der Waals surface area (Å²) in [7, 11) is 4.55. The van der Waals surface area contributed by atoms with Crippen molar-refractivity contribution in [3.8, 4) is 5.75 Å². The van der Waals surface area contributed by atoms with Gasteiger partial charge in [0.15, 0.2) is 5.82 Å². The standard InChI is InChI=1S/C30H34ClN7O4/c1-37(2)29(41)27(40)21-10-5-6-11-23(21)34-28-22(31)19-32-30(36-28)35-24-18-20(13-14-25(24)42-3)33-26(39)12-9-17-38-15-7-4-8-16-38/h5-6,9-14,18-19H,4,7-8,15-17H2,1-3H3,(H,33,39)(H2,32,34,35,36). The maximum atomic E-state index is 12.7. The van der Waals surface area contributed by atoms with Gasteiger partial charge in [0.1, 0.15) is 10.8 Å². The van der Waals surface area contributed by atoms with Crippen molar-refractivity contribution in [3.05, 3.63) is 71.4 Å². The first-order valence-corrected chi connectivity index (χ1v) is 13.9. The fourth-order valence-electron chi connectivity index (χ4n) is 4.39. The number of likely N-dealkylation sites (tertiary alicyclic amines) is 1. The lowest BCUT2D eigenvalue weighted by molar-refractivity contribution is -0.124. The molecule has 0 atom stereocenters. The van der Waals surface area contributed by atoms with Crippen molar-refractivity contribution in [2.24, 2.45) is 0 Å². The summed E-state index contributed by atoms with van der Waals surface area (Å²) >= 11 is 6.37. The van der Waals surface area contributed by atoms with E-state index in [0.717, 1.165) is 19.6 Å². The molecule has 0 radical (unpaired) electrons. The minimum atomic E-state index is -0.670. The topological polar surface area (TPSA) is 129 Å². The molecule has 1 saturated heterocycles. The van der Waals surface area contributed by atoms with E-state index in [1.165, 1.54) is 51.6 Å². The molecular weight excluding hydrogens is 558 g/mol. The number of rotatable bonds is 11. The number of carbonyl (C=O) groups is 3. The number of methoxy groups -OCH3 is 1. The van der Waals surface area contributed by atoms with E-state index in [1.807, 2.05) is 6.08 Å². The number of hydrogen-bond donors (Lipinski definition) is 3. The molecule has 0 saturated carbocycles. The molecule has 42 heavy (non-hydrogen) atoms. The van der Waals surface area contributed by atoms with Crippen LogP contribution in [0.1, 0.15) is 29.6 Å². The average Bonchev–Trinajstić information content (AvgIpc) is 2.99. The van der Waals surface area contributed by atoms with E-state index < -0.39 is 11.7 Å². The number of para-hydroxylation sites is 1. The molecule has 0 spiro atoms. The summed E-state index contributed by atoms with van der Waals surface area (Å²) in [6, 6.07) is 11.7. The highest BCUT2D eigenvalue weighted by Crippen LogP contribution is 2.32. The molecule has 0 aliphatic carbocycles. The zero-order valence-corrected chi connectivity index (χ0v) is 24.6. The Bertz CT molecular complexity index is 1470. The second-order valence-corrected chi connectivity index (χ2v) is 10.3. The van der Waals surface area contributed by atoms with Crippen LogP contribution in [0.4, 0.5) is 28.8 Å². The Kier molecular flexibility index (Phi) is 10.5. The number of ether oxygens (including phenoxy) is 1. The summed E-state index contributed by atoms with van der Waals surface area (Å²) < 4.78 is 5.48. The van der Waals surface area contributed by atoms with Crippen LogP contribution >= 0.6 is 11.6 Å². The van der Waals surface area contributed by atoms with Crippen LogP contribution in [0.3, 0.4) is 0 Å². The molecule has 1 aliphatic heterocycles. The van der Waals surface area contributed by atoms with Gasteiger partial charge in [-0.15, -0.1) is 0 Å². The van der Waals surface area contributed by atoms with Crippen LogP contribution in [0.15, 0.2) is 60.8 Å². The van der Waals surface area contributed by atoms with Crippen LogP contribution in [0, 0.1) is 0 Å². The first-order chi connectivity index (χ1) is 20.2. The van der Waals surface area contributed by atoms with Crippen LogP contribution in [0.2, 0.25) is 5.02 Å². The smallest absolute Gasteiger partial charge is 0.294 e. The summed E-state index contributed by atoms with van der Waals surface area (Å²) in [5.41, 5.74) is 1.60. The number of halogens is 1. The number of Topliss-reactive ketones (excluding diaryl/α,β-unsaturated/α-hetero) is 1. The molecule has 2 aromatic carbocycles. The average molecular weight is 592 g/mol. The fraction of sp³-hybridized carbons (Fsp3) is 0.300. The zero-order valence-electron chi connectivity index (χ0n) is 23.8.